The van der Waals surface area contributed by atoms with Crippen LogP contribution in [0.5, 0.6) is 0 Å². The van der Waals surface area contributed by atoms with Gasteiger partial charge in [0.05, 0.1) is 16.4 Å². The van der Waals surface area contributed by atoms with Crippen LogP contribution < -0.4 is 5.11 Å². The highest BCUT2D eigenvalue weighted by molar-refractivity contribution is 7.20. The first kappa shape index (κ1) is 10.9. The molecule has 0 amide bonds. The molecule has 0 saturated heterocycles. The molecule has 2 aromatic rings. The number of hydrogen-bond donors (Lipinski definition) is 0. The molecule has 0 fully saturated rings. The van der Waals surface area contributed by atoms with Crippen molar-refractivity contribution in [3.05, 3.63) is 34.7 Å². The number of rotatable bonds is 1. The smallest absolute Gasteiger partial charge is 0.417 e. The topological polar surface area (TPSA) is 40.1 Å². The first-order valence-electron chi connectivity index (χ1n) is 4.20. The zero-order chi connectivity index (χ0) is 11.9. The SMILES string of the molecule is O=C([O-])c1cc2cccc(C(F)(F)F)c2s1. The van der Waals surface area contributed by atoms with Crippen molar-refractivity contribution in [1.82, 2.24) is 0 Å². The molecule has 0 saturated carbocycles. The maximum atomic E-state index is 12.6. The minimum atomic E-state index is -4.48. The second-order valence-electron chi connectivity index (χ2n) is 3.12. The van der Waals surface area contributed by atoms with Crippen LogP contribution in [-0.4, -0.2) is 5.97 Å². The number of fused-ring (bicyclic) bond motifs is 1. The van der Waals surface area contributed by atoms with Gasteiger partial charge >= 0.3 is 6.18 Å². The number of carboxylic acid groups (broad SMARTS) is 1. The summed E-state index contributed by atoms with van der Waals surface area (Å²) < 4.78 is 37.6. The van der Waals surface area contributed by atoms with Gasteiger partial charge in [0, 0.05) is 4.70 Å². The molecule has 0 unspecified atom stereocenters. The molecule has 2 rings (SSSR count). The number of halogens is 3. The van der Waals surface area contributed by atoms with Gasteiger partial charge in [0.1, 0.15) is 0 Å². The third-order valence-corrected chi connectivity index (χ3v) is 3.21. The lowest BCUT2D eigenvalue weighted by Crippen LogP contribution is -2.20. The highest BCUT2D eigenvalue weighted by atomic mass is 32.1. The van der Waals surface area contributed by atoms with Crippen LogP contribution >= 0.6 is 11.3 Å². The third kappa shape index (κ3) is 1.76. The van der Waals surface area contributed by atoms with Gasteiger partial charge in [-0.15, -0.1) is 11.3 Å². The Morgan fingerprint density at radius 2 is 2.00 bits per heavy atom. The maximum Gasteiger partial charge on any atom is 0.417 e. The molecule has 0 radical (unpaired) electrons. The van der Waals surface area contributed by atoms with E-state index in [1.807, 2.05) is 0 Å². The van der Waals surface area contributed by atoms with Gasteiger partial charge in [-0.1, -0.05) is 12.1 Å². The normalized spacial score (nSPS) is 11.9. The molecule has 0 N–H and O–H groups in total. The lowest BCUT2D eigenvalue weighted by molar-refractivity contribution is -0.254. The minimum Gasteiger partial charge on any atom is -0.544 e. The fourth-order valence-electron chi connectivity index (χ4n) is 1.39. The molecule has 84 valence electrons. The number of alkyl halides is 3. The zero-order valence-corrected chi connectivity index (χ0v) is 8.48. The van der Waals surface area contributed by atoms with Crippen molar-refractivity contribution in [2.45, 2.75) is 6.18 Å². The van der Waals surface area contributed by atoms with Crippen molar-refractivity contribution in [3.63, 3.8) is 0 Å². The summed E-state index contributed by atoms with van der Waals surface area (Å²) in [6.07, 6.45) is -4.48. The van der Waals surface area contributed by atoms with Gasteiger partial charge in [-0.3, -0.25) is 0 Å². The summed E-state index contributed by atoms with van der Waals surface area (Å²) in [4.78, 5) is 10.3. The van der Waals surface area contributed by atoms with Crippen molar-refractivity contribution in [1.29, 1.82) is 0 Å². The van der Waals surface area contributed by atoms with Crippen LogP contribution in [0.2, 0.25) is 0 Å². The molecular formula is C10H4F3O2S-. The van der Waals surface area contributed by atoms with E-state index in [4.69, 9.17) is 0 Å². The molecule has 1 aromatic carbocycles. The van der Waals surface area contributed by atoms with E-state index in [1.54, 1.807) is 0 Å². The predicted octanol–water partition coefficient (Wildman–Crippen LogP) is 2.28. The molecule has 0 aliphatic carbocycles. The molecular weight excluding hydrogens is 241 g/mol. The summed E-state index contributed by atoms with van der Waals surface area (Å²) in [6.45, 7) is 0. The summed E-state index contributed by atoms with van der Waals surface area (Å²) in [5.41, 5.74) is -0.817. The Bertz CT molecular complexity index is 557. The molecule has 0 atom stereocenters. The quantitative estimate of drug-likeness (QED) is 0.773. The van der Waals surface area contributed by atoms with Gasteiger partial charge < -0.3 is 9.90 Å². The zero-order valence-electron chi connectivity index (χ0n) is 7.67. The van der Waals surface area contributed by atoms with E-state index < -0.39 is 17.7 Å². The van der Waals surface area contributed by atoms with Crippen molar-refractivity contribution in [2.75, 3.05) is 0 Å². The van der Waals surface area contributed by atoms with Gasteiger partial charge in [0.25, 0.3) is 0 Å². The third-order valence-electron chi connectivity index (χ3n) is 2.05. The number of hydrogen-bond acceptors (Lipinski definition) is 3. The largest absolute Gasteiger partial charge is 0.544 e. The molecule has 0 aliphatic heterocycles. The van der Waals surface area contributed by atoms with Crippen LogP contribution in [0.1, 0.15) is 15.2 Å². The van der Waals surface area contributed by atoms with Crippen LogP contribution in [0.3, 0.4) is 0 Å². The molecule has 6 heteroatoms. The van der Waals surface area contributed by atoms with E-state index in [-0.39, 0.29) is 15.0 Å². The number of carbonyl (C=O) groups excluding carboxylic acids is 1. The molecule has 16 heavy (non-hydrogen) atoms. The molecule has 1 aromatic heterocycles. The van der Waals surface area contributed by atoms with Crippen LogP contribution in [-0.2, 0) is 6.18 Å². The number of benzene rings is 1. The van der Waals surface area contributed by atoms with Gasteiger partial charge in [-0.25, -0.2) is 0 Å². The van der Waals surface area contributed by atoms with Crippen LogP contribution in [0.15, 0.2) is 24.3 Å². The van der Waals surface area contributed by atoms with E-state index in [1.165, 1.54) is 18.2 Å². The molecule has 1 heterocycles. The Kier molecular flexibility index (Phi) is 2.38. The number of carbonyl (C=O) groups is 1. The highest BCUT2D eigenvalue weighted by Gasteiger charge is 2.33. The Hall–Kier alpha value is -1.56. The summed E-state index contributed by atoms with van der Waals surface area (Å²) in [5, 5.41) is 10.8. The van der Waals surface area contributed by atoms with Crippen molar-refractivity contribution in [2.24, 2.45) is 0 Å². The standard InChI is InChI=1S/C10H5F3O2S/c11-10(12,13)6-3-1-2-5-4-7(9(14)15)16-8(5)6/h1-4H,(H,14,15)/p-1. The first-order valence-corrected chi connectivity index (χ1v) is 5.02. The molecule has 0 bridgehead atoms. The fourth-order valence-corrected chi connectivity index (χ4v) is 2.41. The average Bonchev–Trinajstić information content (AvgIpc) is 2.58. The van der Waals surface area contributed by atoms with Gasteiger partial charge in [0.15, 0.2) is 0 Å². The highest BCUT2D eigenvalue weighted by Crippen LogP contribution is 2.38. The first-order chi connectivity index (χ1) is 7.39. The van der Waals surface area contributed by atoms with E-state index in [0.29, 0.717) is 11.3 Å². The van der Waals surface area contributed by atoms with Crippen LogP contribution in [0.25, 0.3) is 10.1 Å². The van der Waals surface area contributed by atoms with Gasteiger partial charge in [-0.05, 0) is 17.5 Å². The molecule has 2 nitrogen and oxygen atoms in total. The maximum absolute atomic E-state index is 12.6. The van der Waals surface area contributed by atoms with Crippen molar-refractivity contribution in [3.8, 4) is 0 Å². The van der Waals surface area contributed by atoms with E-state index in [0.717, 1.165) is 6.07 Å². The molecule has 0 aliphatic rings. The second-order valence-corrected chi connectivity index (χ2v) is 4.17. The van der Waals surface area contributed by atoms with Crippen LogP contribution in [0, 0.1) is 0 Å². The average molecular weight is 245 g/mol. The Morgan fingerprint density at radius 3 is 2.56 bits per heavy atom. The summed E-state index contributed by atoms with van der Waals surface area (Å²) in [5.74, 6) is -1.46. The fraction of sp³-hybridized carbons (Fsp3) is 0.100. The van der Waals surface area contributed by atoms with Gasteiger partial charge in [-0.2, -0.15) is 13.2 Å². The van der Waals surface area contributed by atoms with E-state index in [9.17, 15) is 23.1 Å². The monoisotopic (exact) mass is 245 g/mol. The number of thiophene rings is 1. The lowest BCUT2D eigenvalue weighted by Gasteiger charge is -2.06. The van der Waals surface area contributed by atoms with Crippen LogP contribution in [0.4, 0.5) is 13.2 Å². The number of carboxylic acids is 1. The van der Waals surface area contributed by atoms with Crippen molar-refractivity contribution >= 4 is 27.4 Å². The van der Waals surface area contributed by atoms with E-state index in [2.05, 4.69) is 0 Å². The summed E-state index contributed by atoms with van der Waals surface area (Å²) >= 11 is 0.577. The Balaban J connectivity index is 2.73. The Labute approximate surface area is 91.9 Å². The minimum absolute atomic E-state index is 0.0748. The summed E-state index contributed by atoms with van der Waals surface area (Å²) in [7, 11) is 0. The lowest BCUT2D eigenvalue weighted by atomic mass is 10.1. The molecule has 0 spiro atoms. The Morgan fingerprint density at radius 1 is 1.31 bits per heavy atom. The van der Waals surface area contributed by atoms with Crippen molar-refractivity contribution < 1.29 is 23.1 Å². The second kappa shape index (κ2) is 3.48. The van der Waals surface area contributed by atoms with E-state index >= 15 is 0 Å². The summed E-state index contributed by atoms with van der Waals surface area (Å²) in [6, 6.07) is 4.80. The predicted molar refractivity (Wildman–Crippen MR) is 51.2 cm³/mol. The van der Waals surface area contributed by atoms with Gasteiger partial charge in [0.2, 0.25) is 0 Å². The number of aromatic carboxylic acids is 1.